The van der Waals surface area contributed by atoms with E-state index in [4.69, 9.17) is 10.2 Å². The Morgan fingerprint density at radius 3 is 1.74 bits per heavy atom. The highest BCUT2D eigenvalue weighted by Gasteiger charge is 2.19. The van der Waals surface area contributed by atoms with E-state index in [1.54, 1.807) is 12.1 Å². The molecule has 3 heteroatoms. The Kier molecular flexibility index (Phi) is 4.89. The molecule has 0 atom stereocenters. The van der Waals surface area contributed by atoms with Crippen molar-refractivity contribution in [2.24, 2.45) is 0 Å². The summed E-state index contributed by atoms with van der Waals surface area (Å²) in [7, 11) is 0. The van der Waals surface area contributed by atoms with Crippen LogP contribution in [0.1, 0.15) is 38.2 Å². The van der Waals surface area contributed by atoms with Crippen molar-refractivity contribution in [3.05, 3.63) is 118 Å². The molecule has 0 bridgehead atoms. The minimum atomic E-state index is -0.862. The van der Waals surface area contributed by atoms with Crippen LogP contribution in [-0.2, 0) is 19.4 Å². The molecular weight excluding hydrogens is 384 g/mol. The largest absolute Gasteiger partial charge is 0.478 e. The summed E-state index contributed by atoms with van der Waals surface area (Å²) in [5.74, 6) is -0.862. The van der Waals surface area contributed by atoms with Crippen LogP contribution in [0.4, 0.5) is 0 Å². The number of benzene rings is 4. The average molecular weight is 406 g/mol. The van der Waals surface area contributed by atoms with Crippen LogP contribution in [0.2, 0.25) is 0 Å². The van der Waals surface area contributed by atoms with E-state index >= 15 is 0 Å². The first-order chi connectivity index (χ1) is 15.1. The SMILES string of the molecule is O=C(O)c1ccc2c(c1)Cc1ccccc1-2.OCc1ccc2c(c1)Cc1ccccc1-2. The lowest BCUT2D eigenvalue weighted by molar-refractivity contribution is 0.0697. The minimum absolute atomic E-state index is 0.129. The van der Waals surface area contributed by atoms with E-state index in [-0.39, 0.29) is 6.61 Å². The van der Waals surface area contributed by atoms with Crippen LogP contribution in [0.5, 0.6) is 0 Å². The predicted molar refractivity (Wildman–Crippen MR) is 122 cm³/mol. The van der Waals surface area contributed by atoms with Crippen molar-refractivity contribution < 1.29 is 15.0 Å². The van der Waals surface area contributed by atoms with E-state index in [9.17, 15) is 4.79 Å². The molecule has 0 radical (unpaired) electrons. The van der Waals surface area contributed by atoms with E-state index in [0.29, 0.717) is 5.56 Å². The molecule has 2 aliphatic carbocycles. The van der Waals surface area contributed by atoms with Crippen LogP contribution >= 0.6 is 0 Å². The third-order valence-corrected chi connectivity index (χ3v) is 6.08. The lowest BCUT2D eigenvalue weighted by Gasteiger charge is -2.02. The van der Waals surface area contributed by atoms with E-state index in [1.807, 2.05) is 24.3 Å². The Morgan fingerprint density at radius 1 is 0.645 bits per heavy atom. The maximum atomic E-state index is 10.9. The van der Waals surface area contributed by atoms with Gasteiger partial charge in [-0.1, -0.05) is 72.8 Å². The number of aliphatic hydroxyl groups excluding tert-OH is 1. The van der Waals surface area contributed by atoms with Gasteiger partial charge in [0.1, 0.15) is 0 Å². The zero-order chi connectivity index (χ0) is 21.4. The highest BCUT2D eigenvalue weighted by atomic mass is 16.4. The quantitative estimate of drug-likeness (QED) is 0.387. The Balaban J connectivity index is 0.000000132. The van der Waals surface area contributed by atoms with Gasteiger partial charge < -0.3 is 10.2 Å². The molecule has 0 unspecified atom stereocenters. The summed E-state index contributed by atoms with van der Waals surface area (Å²) in [5.41, 5.74) is 11.6. The Morgan fingerprint density at radius 2 is 1.16 bits per heavy atom. The molecule has 0 fully saturated rings. The van der Waals surface area contributed by atoms with Gasteiger partial charge in [-0.15, -0.1) is 0 Å². The van der Waals surface area contributed by atoms with Gasteiger partial charge in [0.2, 0.25) is 0 Å². The number of carboxylic acids is 1. The van der Waals surface area contributed by atoms with Gasteiger partial charge >= 0.3 is 5.97 Å². The Labute approximate surface area is 181 Å². The van der Waals surface area contributed by atoms with Crippen molar-refractivity contribution in [2.45, 2.75) is 19.4 Å². The molecular formula is C28H22O3. The maximum absolute atomic E-state index is 10.9. The number of hydrogen-bond donors (Lipinski definition) is 2. The van der Waals surface area contributed by atoms with Gasteiger partial charge in [0.15, 0.2) is 0 Å². The average Bonchev–Trinajstić information content (AvgIpc) is 3.36. The van der Waals surface area contributed by atoms with Crippen LogP contribution in [0.3, 0.4) is 0 Å². The van der Waals surface area contributed by atoms with Gasteiger partial charge in [0.05, 0.1) is 12.2 Å². The van der Waals surface area contributed by atoms with Crippen LogP contribution < -0.4 is 0 Å². The highest BCUT2D eigenvalue weighted by Crippen LogP contribution is 2.37. The lowest BCUT2D eigenvalue weighted by atomic mass is 10.0. The molecule has 0 aromatic heterocycles. The number of carbonyl (C=O) groups is 1. The topological polar surface area (TPSA) is 57.5 Å². The molecule has 0 spiro atoms. The van der Waals surface area contributed by atoms with E-state index in [1.165, 1.54) is 38.9 Å². The molecule has 3 nitrogen and oxygen atoms in total. The van der Waals surface area contributed by atoms with Crippen molar-refractivity contribution in [1.82, 2.24) is 0 Å². The summed E-state index contributed by atoms with van der Waals surface area (Å²) in [6.07, 6.45) is 1.84. The minimum Gasteiger partial charge on any atom is -0.478 e. The normalized spacial score (nSPS) is 12.2. The zero-order valence-corrected chi connectivity index (χ0v) is 17.0. The van der Waals surface area contributed by atoms with E-state index < -0.39 is 5.97 Å². The lowest BCUT2D eigenvalue weighted by Crippen LogP contribution is -1.96. The van der Waals surface area contributed by atoms with Gasteiger partial charge in [0, 0.05) is 0 Å². The third-order valence-electron chi connectivity index (χ3n) is 6.08. The monoisotopic (exact) mass is 406 g/mol. The third kappa shape index (κ3) is 3.54. The molecule has 4 aromatic rings. The molecule has 2 N–H and O–H groups in total. The van der Waals surface area contributed by atoms with Crippen molar-refractivity contribution in [1.29, 1.82) is 0 Å². The summed E-state index contributed by atoms with van der Waals surface area (Å²) in [6.45, 7) is 0.129. The molecule has 4 aromatic carbocycles. The molecule has 0 amide bonds. The van der Waals surface area contributed by atoms with Gasteiger partial charge in [-0.3, -0.25) is 0 Å². The molecule has 2 aliphatic rings. The first-order valence-electron chi connectivity index (χ1n) is 10.4. The molecule has 0 aliphatic heterocycles. The Hall–Kier alpha value is -3.69. The van der Waals surface area contributed by atoms with Crippen molar-refractivity contribution >= 4 is 5.97 Å². The van der Waals surface area contributed by atoms with Gasteiger partial charge in [-0.05, 0) is 75.0 Å². The van der Waals surface area contributed by atoms with Gasteiger partial charge in [-0.25, -0.2) is 4.79 Å². The van der Waals surface area contributed by atoms with Gasteiger partial charge in [0.25, 0.3) is 0 Å². The second-order valence-corrected chi connectivity index (χ2v) is 7.99. The van der Waals surface area contributed by atoms with Crippen molar-refractivity contribution in [3.63, 3.8) is 0 Å². The van der Waals surface area contributed by atoms with E-state index in [0.717, 1.165) is 24.0 Å². The fourth-order valence-electron chi connectivity index (χ4n) is 4.57. The van der Waals surface area contributed by atoms with Gasteiger partial charge in [-0.2, -0.15) is 0 Å². The number of fused-ring (bicyclic) bond motifs is 6. The number of aliphatic hydroxyl groups is 1. The molecule has 31 heavy (non-hydrogen) atoms. The number of carboxylic acid groups (broad SMARTS) is 1. The van der Waals surface area contributed by atoms with Crippen LogP contribution in [0.25, 0.3) is 22.3 Å². The number of hydrogen-bond acceptors (Lipinski definition) is 2. The maximum Gasteiger partial charge on any atom is 0.335 e. The zero-order valence-electron chi connectivity index (χ0n) is 17.0. The van der Waals surface area contributed by atoms with Crippen LogP contribution in [0.15, 0.2) is 84.9 Å². The Bertz CT molecular complexity index is 1300. The molecule has 6 rings (SSSR count). The first-order valence-corrected chi connectivity index (χ1v) is 10.4. The molecule has 0 saturated carbocycles. The molecule has 0 heterocycles. The van der Waals surface area contributed by atoms with Crippen LogP contribution in [0, 0.1) is 0 Å². The summed E-state index contributed by atoms with van der Waals surface area (Å²) in [6, 6.07) is 28.3. The highest BCUT2D eigenvalue weighted by molar-refractivity contribution is 5.90. The van der Waals surface area contributed by atoms with Crippen molar-refractivity contribution in [2.75, 3.05) is 0 Å². The fourth-order valence-corrected chi connectivity index (χ4v) is 4.57. The predicted octanol–water partition coefficient (Wildman–Crippen LogP) is 5.71. The second-order valence-electron chi connectivity index (χ2n) is 7.99. The number of aromatic carboxylic acids is 1. The molecule has 0 saturated heterocycles. The summed E-state index contributed by atoms with van der Waals surface area (Å²) in [4.78, 5) is 10.9. The van der Waals surface area contributed by atoms with Crippen molar-refractivity contribution in [3.8, 4) is 22.3 Å². The smallest absolute Gasteiger partial charge is 0.335 e. The second kappa shape index (κ2) is 7.86. The summed E-state index contributed by atoms with van der Waals surface area (Å²) < 4.78 is 0. The fraction of sp³-hybridized carbons (Fsp3) is 0.107. The summed E-state index contributed by atoms with van der Waals surface area (Å²) >= 11 is 0. The first kappa shape index (κ1) is 19.3. The standard InChI is InChI=1S/C14H10O2.C14H12O/c15-14(16)10-5-6-13-11(8-10)7-9-3-1-2-4-12(9)13;15-9-10-5-6-14-12(7-10)8-11-3-1-2-4-13(11)14/h1-6,8H,7H2,(H,15,16);1-7,15H,8-9H2. The molecule has 152 valence electrons. The van der Waals surface area contributed by atoms with Crippen LogP contribution in [-0.4, -0.2) is 16.2 Å². The van der Waals surface area contributed by atoms with E-state index in [2.05, 4.69) is 48.5 Å². The number of rotatable bonds is 2. The summed E-state index contributed by atoms with van der Waals surface area (Å²) in [5, 5.41) is 18.0.